The fourth-order valence-electron chi connectivity index (χ4n) is 1.14. The highest BCUT2D eigenvalue weighted by atomic mass is 32.2. The lowest BCUT2D eigenvalue weighted by atomic mass is 10.3. The average Bonchev–Trinajstić information content (AvgIpc) is 2.17. The Morgan fingerprint density at radius 2 is 2.00 bits per heavy atom. The largest absolute Gasteiger partial charge is 0.321 e. The zero-order chi connectivity index (χ0) is 12.2. The number of anilines is 1. The Balaban J connectivity index is 3.10. The molecule has 3 N–H and O–H groups in total. The minimum absolute atomic E-state index is 0.104. The van der Waals surface area contributed by atoms with E-state index < -0.39 is 15.9 Å². The van der Waals surface area contributed by atoms with Crippen molar-refractivity contribution < 1.29 is 13.2 Å². The number of rotatable bonds is 3. The van der Waals surface area contributed by atoms with Crippen LogP contribution in [0.2, 0.25) is 0 Å². The van der Waals surface area contributed by atoms with Crippen molar-refractivity contribution in [3.8, 4) is 0 Å². The van der Waals surface area contributed by atoms with E-state index in [1.165, 1.54) is 24.3 Å². The van der Waals surface area contributed by atoms with Crippen LogP contribution in [0.3, 0.4) is 0 Å². The third-order valence-electron chi connectivity index (χ3n) is 1.77. The molecule has 0 aliphatic carbocycles. The predicted molar refractivity (Wildman–Crippen MR) is 61.3 cm³/mol. The van der Waals surface area contributed by atoms with Crippen LogP contribution in [0.4, 0.5) is 5.69 Å². The van der Waals surface area contributed by atoms with Gasteiger partial charge >= 0.3 is 0 Å². The number of carbonyl (C=O) groups is 1. The van der Waals surface area contributed by atoms with Crippen molar-refractivity contribution >= 4 is 21.6 Å². The monoisotopic (exact) mass is 240 g/mol. The number of nitrogens with two attached hydrogens (primary N) is 1. The molecule has 0 aliphatic heterocycles. The molecule has 0 radical (unpaired) electrons. The normalized spacial score (nSPS) is 11.6. The number of allylic oxidation sites excluding steroid dienone is 1. The first-order chi connectivity index (χ1) is 7.45. The molecule has 0 spiro atoms. The van der Waals surface area contributed by atoms with E-state index >= 15 is 0 Å². The summed E-state index contributed by atoms with van der Waals surface area (Å²) >= 11 is 0. The zero-order valence-corrected chi connectivity index (χ0v) is 9.49. The maximum Gasteiger partial charge on any atom is 0.248 e. The Hall–Kier alpha value is -1.66. The van der Waals surface area contributed by atoms with E-state index in [1.54, 1.807) is 19.1 Å². The number of amides is 1. The van der Waals surface area contributed by atoms with Crippen molar-refractivity contribution in [2.75, 3.05) is 5.32 Å². The van der Waals surface area contributed by atoms with Crippen molar-refractivity contribution in [2.45, 2.75) is 11.8 Å². The molecule has 0 unspecified atom stereocenters. The second-order valence-electron chi connectivity index (χ2n) is 3.03. The molecule has 0 saturated heterocycles. The molecule has 0 saturated carbocycles. The van der Waals surface area contributed by atoms with Gasteiger partial charge in [0.2, 0.25) is 15.9 Å². The molecule has 0 aliphatic rings. The molecule has 6 heteroatoms. The minimum atomic E-state index is -3.83. The Labute approximate surface area is 94.0 Å². The second-order valence-corrected chi connectivity index (χ2v) is 4.56. The molecule has 0 heterocycles. The summed E-state index contributed by atoms with van der Waals surface area (Å²) in [5.41, 5.74) is 0.174. The number of primary sulfonamides is 1. The molecule has 1 amide bonds. The van der Waals surface area contributed by atoms with Gasteiger partial charge in [-0.05, 0) is 25.1 Å². The molecule has 0 fully saturated rings. The van der Waals surface area contributed by atoms with Crippen LogP contribution in [0.15, 0.2) is 41.3 Å². The molecule has 0 atom stereocenters. The summed E-state index contributed by atoms with van der Waals surface area (Å²) in [7, 11) is -3.83. The average molecular weight is 240 g/mol. The van der Waals surface area contributed by atoms with Gasteiger partial charge in [0.05, 0.1) is 5.69 Å². The maximum absolute atomic E-state index is 11.3. The number of nitrogens with one attached hydrogen (secondary N) is 1. The Bertz CT molecular complexity index is 521. The lowest BCUT2D eigenvalue weighted by Crippen LogP contribution is -2.17. The van der Waals surface area contributed by atoms with Gasteiger partial charge in [-0.25, -0.2) is 13.6 Å². The molecule has 1 aromatic carbocycles. The summed E-state index contributed by atoms with van der Waals surface area (Å²) in [6.45, 7) is 1.69. The Morgan fingerprint density at radius 1 is 1.38 bits per heavy atom. The molecule has 86 valence electrons. The van der Waals surface area contributed by atoms with E-state index in [-0.39, 0.29) is 10.6 Å². The van der Waals surface area contributed by atoms with E-state index in [1.807, 2.05) is 0 Å². The maximum atomic E-state index is 11.3. The minimum Gasteiger partial charge on any atom is -0.321 e. The van der Waals surface area contributed by atoms with Crippen molar-refractivity contribution in [3.63, 3.8) is 0 Å². The first-order valence-electron chi connectivity index (χ1n) is 4.50. The molecular weight excluding hydrogens is 228 g/mol. The van der Waals surface area contributed by atoms with Gasteiger partial charge in [-0.2, -0.15) is 0 Å². The smallest absolute Gasteiger partial charge is 0.248 e. The van der Waals surface area contributed by atoms with Crippen LogP contribution in [0.5, 0.6) is 0 Å². The van der Waals surface area contributed by atoms with Crippen molar-refractivity contribution in [3.05, 3.63) is 36.4 Å². The van der Waals surface area contributed by atoms with Gasteiger partial charge in [-0.15, -0.1) is 0 Å². The molecular formula is C10H12N2O3S. The molecule has 1 rings (SSSR count). The first kappa shape index (κ1) is 12.4. The molecule has 5 nitrogen and oxygen atoms in total. The summed E-state index contributed by atoms with van der Waals surface area (Å²) in [5, 5.41) is 7.44. The third kappa shape index (κ3) is 3.18. The summed E-state index contributed by atoms with van der Waals surface area (Å²) in [4.78, 5) is 11.2. The zero-order valence-electron chi connectivity index (χ0n) is 8.67. The van der Waals surface area contributed by atoms with Crippen molar-refractivity contribution in [1.82, 2.24) is 0 Å². The number of sulfonamides is 1. The van der Waals surface area contributed by atoms with Gasteiger partial charge in [-0.3, -0.25) is 4.79 Å². The number of carbonyl (C=O) groups excluding carboxylic acids is 1. The lowest BCUT2D eigenvalue weighted by Gasteiger charge is -2.07. The highest BCUT2D eigenvalue weighted by molar-refractivity contribution is 7.89. The van der Waals surface area contributed by atoms with Crippen molar-refractivity contribution in [1.29, 1.82) is 0 Å². The highest BCUT2D eigenvalue weighted by Gasteiger charge is 2.13. The predicted octanol–water partition coefficient (Wildman–Crippen LogP) is 0.849. The Morgan fingerprint density at radius 3 is 2.56 bits per heavy atom. The topological polar surface area (TPSA) is 89.3 Å². The standard InChI is InChI=1S/C10H12N2O3S/c1-2-5-10(13)12-8-6-3-4-7-9(8)16(11,14)15/h2-7H,1H3,(H,12,13)(H2,11,14,15)/b5-2+. The summed E-state index contributed by atoms with van der Waals surface area (Å²) in [6.07, 6.45) is 2.84. The third-order valence-corrected chi connectivity index (χ3v) is 2.74. The van der Waals surface area contributed by atoms with Gasteiger partial charge in [0, 0.05) is 0 Å². The van der Waals surface area contributed by atoms with E-state index in [0.29, 0.717) is 0 Å². The number of para-hydroxylation sites is 1. The van der Waals surface area contributed by atoms with Gasteiger partial charge in [-0.1, -0.05) is 18.2 Å². The fraction of sp³-hybridized carbons (Fsp3) is 0.100. The first-order valence-corrected chi connectivity index (χ1v) is 6.05. The van der Waals surface area contributed by atoms with Crippen LogP contribution < -0.4 is 10.5 Å². The van der Waals surface area contributed by atoms with Gasteiger partial charge in [0.15, 0.2) is 0 Å². The fourth-order valence-corrected chi connectivity index (χ4v) is 1.84. The van der Waals surface area contributed by atoms with Crippen LogP contribution in [-0.4, -0.2) is 14.3 Å². The number of hydrogen-bond acceptors (Lipinski definition) is 3. The van der Waals surface area contributed by atoms with E-state index in [2.05, 4.69) is 5.32 Å². The van der Waals surface area contributed by atoms with Crippen LogP contribution in [0.1, 0.15) is 6.92 Å². The van der Waals surface area contributed by atoms with Crippen LogP contribution >= 0.6 is 0 Å². The number of benzene rings is 1. The molecule has 0 aromatic heterocycles. The summed E-state index contributed by atoms with van der Waals surface area (Å²) in [5.74, 6) is -0.404. The van der Waals surface area contributed by atoms with E-state index in [0.717, 1.165) is 0 Å². The second kappa shape index (κ2) is 4.91. The summed E-state index contributed by atoms with van der Waals surface area (Å²) in [6, 6.07) is 5.95. The molecule has 0 bridgehead atoms. The van der Waals surface area contributed by atoms with Crippen LogP contribution in [0.25, 0.3) is 0 Å². The lowest BCUT2D eigenvalue weighted by molar-refractivity contribution is -0.111. The molecule has 1 aromatic rings. The van der Waals surface area contributed by atoms with Crippen molar-refractivity contribution in [2.24, 2.45) is 5.14 Å². The van der Waals surface area contributed by atoms with Gasteiger partial charge < -0.3 is 5.32 Å². The number of hydrogen-bond donors (Lipinski definition) is 2. The Kier molecular flexibility index (Phi) is 3.81. The summed E-state index contributed by atoms with van der Waals surface area (Å²) < 4.78 is 22.4. The quantitative estimate of drug-likeness (QED) is 0.767. The van der Waals surface area contributed by atoms with Crippen LogP contribution in [0, 0.1) is 0 Å². The van der Waals surface area contributed by atoms with Gasteiger partial charge in [0.1, 0.15) is 4.90 Å². The SMILES string of the molecule is C/C=C/C(=O)Nc1ccccc1S(N)(=O)=O. The van der Waals surface area contributed by atoms with Gasteiger partial charge in [0.25, 0.3) is 0 Å². The van der Waals surface area contributed by atoms with E-state index in [4.69, 9.17) is 5.14 Å². The highest BCUT2D eigenvalue weighted by Crippen LogP contribution is 2.18. The van der Waals surface area contributed by atoms with Crippen LogP contribution in [-0.2, 0) is 14.8 Å². The molecule has 16 heavy (non-hydrogen) atoms. The van der Waals surface area contributed by atoms with E-state index in [9.17, 15) is 13.2 Å².